The smallest absolute Gasteiger partial charge is 0.248 e. The summed E-state index contributed by atoms with van der Waals surface area (Å²) in [5.74, 6) is -1.45. The molecule has 0 radical (unpaired) electrons. The molecule has 1 unspecified atom stereocenters. The lowest BCUT2D eigenvalue weighted by molar-refractivity contribution is -0.115. The number of hydrogen-bond donors (Lipinski definition) is 0. The van der Waals surface area contributed by atoms with Crippen LogP contribution in [0.3, 0.4) is 0 Å². The zero-order valence-electron chi connectivity index (χ0n) is 4.38. The second-order valence-electron chi connectivity index (χ2n) is 1.33. The molecule has 0 aliphatic rings. The Labute approximate surface area is 47.1 Å². The molecule has 0 aliphatic heterocycles. The molecule has 0 aliphatic carbocycles. The lowest BCUT2D eigenvalue weighted by Gasteiger charge is -1.84. The third-order valence-corrected chi connectivity index (χ3v) is 0.697. The van der Waals surface area contributed by atoms with Gasteiger partial charge in [0.25, 0.3) is 0 Å². The van der Waals surface area contributed by atoms with E-state index in [-0.39, 0.29) is 0 Å². The number of carbonyl (C=O) groups excluding carboxylic acids is 1. The Morgan fingerprint density at radius 1 is 1.62 bits per heavy atom. The normalized spacial score (nSPS) is 10.9. The van der Waals surface area contributed by atoms with Crippen LogP contribution < -0.4 is 0 Å². The average Bonchev–Trinajstić information content (AvgIpc) is 1.84. The van der Waals surface area contributed by atoms with Crippen molar-refractivity contribution in [2.24, 2.45) is 5.92 Å². The highest BCUT2D eigenvalue weighted by Gasteiger charge is 2.08. The standard InChI is InChI=1S/C5H4N2O/c1-4(2-6)5(8)3-7/h4H,1H3. The minimum absolute atomic E-state index is 0.674. The fourth-order valence-electron chi connectivity index (χ4n) is 0.155. The van der Waals surface area contributed by atoms with Gasteiger partial charge in [-0.2, -0.15) is 10.5 Å². The summed E-state index contributed by atoms with van der Waals surface area (Å²) in [4.78, 5) is 10.2. The predicted molar refractivity (Wildman–Crippen MR) is 25.4 cm³/mol. The van der Waals surface area contributed by atoms with Crippen LogP contribution in [-0.2, 0) is 4.79 Å². The molecule has 0 bridgehead atoms. The van der Waals surface area contributed by atoms with Crippen LogP contribution in [0, 0.1) is 28.6 Å². The van der Waals surface area contributed by atoms with E-state index in [0.717, 1.165) is 0 Å². The summed E-state index contributed by atoms with van der Waals surface area (Å²) in [5, 5.41) is 15.9. The number of Topliss-reactive ketones (excluding diaryl/α,β-unsaturated/α-hetero) is 1. The Morgan fingerprint density at radius 2 is 2.12 bits per heavy atom. The van der Waals surface area contributed by atoms with Gasteiger partial charge in [0.1, 0.15) is 12.0 Å². The van der Waals surface area contributed by atoms with E-state index in [2.05, 4.69) is 0 Å². The molecule has 8 heavy (non-hydrogen) atoms. The molecule has 1 atom stereocenters. The molecule has 40 valence electrons. The van der Waals surface area contributed by atoms with Crippen LogP contribution in [0.15, 0.2) is 0 Å². The third kappa shape index (κ3) is 1.40. The molecule has 3 heteroatoms. The Balaban J connectivity index is 3.93. The Kier molecular flexibility index (Phi) is 2.30. The summed E-state index contributed by atoms with van der Waals surface area (Å²) >= 11 is 0. The summed E-state index contributed by atoms with van der Waals surface area (Å²) in [6.45, 7) is 1.39. The molecule has 0 saturated heterocycles. The van der Waals surface area contributed by atoms with Crippen LogP contribution in [0.25, 0.3) is 0 Å². The lowest BCUT2D eigenvalue weighted by atomic mass is 10.1. The third-order valence-electron chi connectivity index (χ3n) is 0.697. The number of carbonyl (C=O) groups is 1. The monoisotopic (exact) mass is 108 g/mol. The second-order valence-corrected chi connectivity index (χ2v) is 1.33. The van der Waals surface area contributed by atoms with Crippen molar-refractivity contribution >= 4 is 5.78 Å². The van der Waals surface area contributed by atoms with Gasteiger partial charge in [0.15, 0.2) is 0 Å². The van der Waals surface area contributed by atoms with Gasteiger partial charge >= 0.3 is 0 Å². The van der Waals surface area contributed by atoms with Crippen molar-refractivity contribution in [3.8, 4) is 12.1 Å². The summed E-state index contributed by atoms with van der Waals surface area (Å²) < 4.78 is 0. The molecule has 0 heterocycles. The van der Waals surface area contributed by atoms with Crippen LogP contribution in [-0.4, -0.2) is 5.78 Å². The molecule has 0 spiro atoms. The molecule has 0 fully saturated rings. The van der Waals surface area contributed by atoms with E-state index in [0.29, 0.717) is 0 Å². The minimum Gasteiger partial charge on any atom is -0.281 e. The van der Waals surface area contributed by atoms with Gasteiger partial charge in [-0.05, 0) is 6.92 Å². The number of nitrogens with zero attached hydrogens (tertiary/aromatic N) is 2. The molecular formula is C5H4N2O. The topological polar surface area (TPSA) is 64.7 Å². The van der Waals surface area contributed by atoms with E-state index in [9.17, 15) is 4.79 Å². The average molecular weight is 108 g/mol. The van der Waals surface area contributed by atoms with E-state index in [1.165, 1.54) is 13.0 Å². The minimum atomic E-state index is -0.778. The molecule has 0 aromatic rings. The zero-order valence-corrected chi connectivity index (χ0v) is 4.38. The number of rotatable bonds is 1. The molecular weight excluding hydrogens is 104 g/mol. The zero-order chi connectivity index (χ0) is 6.57. The van der Waals surface area contributed by atoms with Gasteiger partial charge in [-0.1, -0.05) is 0 Å². The van der Waals surface area contributed by atoms with Crippen molar-refractivity contribution < 1.29 is 4.79 Å². The highest BCUT2D eigenvalue weighted by Crippen LogP contribution is 1.90. The van der Waals surface area contributed by atoms with Crippen molar-refractivity contribution in [3.05, 3.63) is 0 Å². The Morgan fingerprint density at radius 3 is 2.25 bits per heavy atom. The van der Waals surface area contributed by atoms with Crippen molar-refractivity contribution in [3.63, 3.8) is 0 Å². The van der Waals surface area contributed by atoms with E-state index < -0.39 is 11.7 Å². The quantitative estimate of drug-likeness (QED) is 0.452. The van der Waals surface area contributed by atoms with Crippen LogP contribution in [0.2, 0.25) is 0 Å². The van der Waals surface area contributed by atoms with Gasteiger partial charge in [0.2, 0.25) is 5.78 Å². The number of ketones is 1. The first-order chi connectivity index (χ1) is 3.72. The summed E-state index contributed by atoms with van der Waals surface area (Å²) in [5.41, 5.74) is 0. The van der Waals surface area contributed by atoms with Crippen LogP contribution >= 0.6 is 0 Å². The van der Waals surface area contributed by atoms with Gasteiger partial charge in [-0.25, -0.2) is 0 Å². The van der Waals surface area contributed by atoms with Crippen molar-refractivity contribution in [2.45, 2.75) is 6.92 Å². The van der Waals surface area contributed by atoms with E-state index in [1.54, 1.807) is 6.07 Å². The van der Waals surface area contributed by atoms with Crippen LogP contribution in [0.4, 0.5) is 0 Å². The fraction of sp³-hybridized carbons (Fsp3) is 0.400. The van der Waals surface area contributed by atoms with Crippen LogP contribution in [0.1, 0.15) is 6.92 Å². The molecule has 0 amide bonds. The van der Waals surface area contributed by atoms with E-state index in [4.69, 9.17) is 10.5 Å². The number of hydrogen-bond acceptors (Lipinski definition) is 3. The van der Waals surface area contributed by atoms with Gasteiger partial charge in [0, 0.05) is 0 Å². The first-order valence-electron chi connectivity index (χ1n) is 2.06. The SMILES string of the molecule is CC(C#N)C(=O)C#N. The highest BCUT2D eigenvalue weighted by atomic mass is 16.1. The van der Waals surface area contributed by atoms with Crippen molar-refractivity contribution in [1.29, 1.82) is 10.5 Å². The molecule has 0 saturated carbocycles. The highest BCUT2D eigenvalue weighted by molar-refractivity contribution is 5.96. The Hall–Kier alpha value is -1.35. The second kappa shape index (κ2) is 2.76. The lowest BCUT2D eigenvalue weighted by Crippen LogP contribution is -2.03. The molecule has 0 N–H and O–H groups in total. The van der Waals surface area contributed by atoms with Gasteiger partial charge in [-0.15, -0.1) is 0 Å². The molecule has 0 aromatic heterocycles. The Bertz CT molecular complexity index is 172. The van der Waals surface area contributed by atoms with Crippen molar-refractivity contribution in [2.75, 3.05) is 0 Å². The summed E-state index contributed by atoms with van der Waals surface area (Å²) in [6, 6.07) is 3.00. The first kappa shape index (κ1) is 6.65. The summed E-state index contributed by atoms with van der Waals surface area (Å²) in [6.07, 6.45) is 0. The number of nitriles is 2. The van der Waals surface area contributed by atoms with Gasteiger partial charge < -0.3 is 0 Å². The van der Waals surface area contributed by atoms with Gasteiger partial charge in [-0.3, -0.25) is 4.79 Å². The van der Waals surface area contributed by atoms with Crippen LogP contribution in [0.5, 0.6) is 0 Å². The maximum atomic E-state index is 10.2. The van der Waals surface area contributed by atoms with Crippen molar-refractivity contribution in [1.82, 2.24) is 0 Å². The maximum absolute atomic E-state index is 10.2. The molecule has 3 nitrogen and oxygen atoms in total. The predicted octanol–water partition coefficient (Wildman–Crippen LogP) is 0.239. The first-order valence-corrected chi connectivity index (χ1v) is 2.06. The molecule has 0 aromatic carbocycles. The van der Waals surface area contributed by atoms with E-state index in [1.807, 2.05) is 0 Å². The fourth-order valence-corrected chi connectivity index (χ4v) is 0.155. The molecule has 0 rings (SSSR count). The maximum Gasteiger partial charge on any atom is 0.248 e. The summed E-state index contributed by atoms with van der Waals surface area (Å²) in [7, 11) is 0. The van der Waals surface area contributed by atoms with Gasteiger partial charge in [0.05, 0.1) is 6.07 Å². The van der Waals surface area contributed by atoms with E-state index >= 15 is 0 Å². The largest absolute Gasteiger partial charge is 0.281 e.